The molecular formula is C41H64ClN3O14. The minimum absolute atomic E-state index is 0.0289. The molecule has 1 atom stereocenters. The Balaban J connectivity index is 1.01. The molecule has 3 rings (SSSR count). The van der Waals surface area contributed by atoms with E-state index in [1.165, 1.54) is 6.07 Å². The van der Waals surface area contributed by atoms with Crippen molar-refractivity contribution in [2.24, 2.45) is 0 Å². The Kier molecular flexibility index (Phi) is 27.8. The Labute approximate surface area is 352 Å². The molecule has 0 spiro atoms. The third kappa shape index (κ3) is 21.3. The molecule has 1 unspecified atom stereocenters. The van der Waals surface area contributed by atoms with Gasteiger partial charge in [0, 0.05) is 31.9 Å². The number of hydrogen-bond acceptors (Lipinski definition) is 14. The molecule has 1 saturated heterocycles. The molecule has 1 aromatic carbocycles. The number of halogens is 1. The molecule has 2 aliphatic heterocycles. The van der Waals surface area contributed by atoms with E-state index in [4.69, 9.17) is 54.2 Å². The number of nitrogens with zero attached hydrogens (tertiary/aromatic N) is 1. The number of hydrogen-bond donors (Lipinski definition) is 2. The zero-order valence-corrected chi connectivity index (χ0v) is 35.1. The van der Waals surface area contributed by atoms with E-state index in [0.29, 0.717) is 119 Å². The van der Waals surface area contributed by atoms with Crippen molar-refractivity contribution in [3.8, 4) is 0 Å². The second-order valence-electron chi connectivity index (χ2n) is 13.6. The van der Waals surface area contributed by atoms with Crippen LogP contribution in [-0.4, -0.2) is 165 Å². The van der Waals surface area contributed by atoms with E-state index in [2.05, 4.69) is 10.6 Å². The molecule has 59 heavy (non-hydrogen) atoms. The summed E-state index contributed by atoms with van der Waals surface area (Å²) < 4.78 is 49.6. The highest BCUT2D eigenvalue weighted by atomic mass is 35.5. The molecule has 2 heterocycles. The fourth-order valence-electron chi connectivity index (χ4n) is 6.01. The lowest BCUT2D eigenvalue weighted by atomic mass is 10.0. The highest BCUT2D eigenvalue weighted by Crippen LogP contribution is 2.32. The van der Waals surface area contributed by atoms with E-state index in [0.717, 1.165) is 55.9 Å². The molecule has 2 N–H and O–H groups in total. The van der Waals surface area contributed by atoms with Crippen LogP contribution < -0.4 is 10.6 Å². The number of carbonyl (C=O) groups is 5. The average Bonchev–Trinajstić information content (AvgIpc) is 3.48. The molecule has 0 aliphatic carbocycles. The molecule has 5 amide bonds. The zero-order chi connectivity index (χ0) is 42.2. The van der Waals surface area contributed by atoms with E-state index in [9.17, 15) is 24.0 Å². The molecule has 334 valence electrons. The first-order valence-electron chi connectivity index (χ1n) is 20.8. The van der Waals surface area contributed by atoms with Crippen molar-refractivity contribution in [1.82, 2.24) is 10.2 Å². The number of fused-ring (bicyclic) bond motifs is 1. The SMILES string of the molecule is O=C1CCC(N2C(=O)c3cccc(NC(=O)CCCCCOCCOCCOCCOCCOCCOCCOCCOCCOCCCCCCCl)c3C2=O)C(=O)N1. The van der Waals surface area contributed by atoms with Gasteiger partial charge < -0.3 is 47.9 Å². The summed E-state index contributed by atoms with van der Waals surface area (Å²) in [4.78, 5) is 63.6. The van der Waals surface area contributed by atoms with E-state index in [1.807, 2.05) is 0 Å². The highest BCUT2D eigenvalue weighted by Gasteiger charge is 2.45. The second-order valence-corrected chi connectivity index (χ2v) is 14.0. The molecule has 1 aromatic rings. The van der Waals surface area contributed by atoms with Crippen molar-refractivity contribution < 1.29 is 66.6 Å². The number of piperidine rings is 1. The van der Waals surface area contributed by atoms with Gasteiger partial charge >= 0.3 is 0 Å². The number of benzene rings is 1. The third-order valence-corrected chi connectivity index (χ3v) is 9.35. The number of unbranched alkanes of at least 4 members (excludes halogenated alkanes) is 5. The smallest absolute Gasteiger partial charge is 0.264 e. The van der Waals surface area contributed by atoms with Crippen LogP contribution in [0.5, 0.6) is 0 Å². The largest absolute Gasteiger partial charge is 0.379 e. The first kappa shape index (κ1) is 50.3. The number of alkyl halides is 1. The molecule has 17 nitrogen and oxygen atoms in total. The average molecular weight is 858 g/mol. The number of anilines is 1. The van der Waals surface area contributed by atoms with Gasteiger partial charge in [-0.15, -0.1) is 11.6 Å². The number of imide groups is 2. The Morgan fingerprint density at radius 2 is 1.03 bits per heavy atom. The fourth-order valence-corrected chi connectivity index (χ4v) is 6.20. The molecule has 2 aliphatic rings. The monoisotopic (exact) mass is 857 g/mol. The van der Waals surface area contributed by atoms with E-state index < -0.39 is 29.7 Å². The van der Waals surface area contributed by atoms with Gasteiger partial charge in [-0.25, -0.2) is 0 Å². The lowest BCUT2D eigenvalue weighted by Crippen LogP contribution is -2.54. The lowest BCUT2D eigenvalue weighted by molar-refractivity contribution is -0.136. The van der Waals surface area contributed by atoms with Gasteiger partial charge in [0.25, 0.3) is 11.8 Å². The molecule has 0 radical (unpaired) electrons. The number of nitrogens with one attached hydrogen (secondary N) is 2. The summed E-state index contributed by atoms with van der Waals surface area (Å²) >= 11 is 5.66. The van der Waals surface area contributed by atoms with Gasteiger partial charge in [-0.3, -0.25) is 34.2 Å². The topological polar surface area (TPSA) is 196 Å². The van der Waals surface area contributed by atoms with Crippen molar-refractivity contribution in [2.45, 2.75) is 70.3 Å². The quantitative estimate of drug-likeness (QED) is 0.0557. The predicted octanol–water partition coefficient (Wildman–Crippen LogP) is 3.54. The molecule has 0 saturated carbocycles. The summed E-state index contributed by atoms with van der Waals surface area (Å²) in [6, 6.07) is 3.53. The van der Waals surface area contributed by atoms with E-state index in [-0.39, 0.29) is 42.0 Å². The normalized spacial score (nSPS) is 15.3. The summed E-state index contributed by atoms with van der Waals surface area (Å²) in [6.07, 6.45) is 6.90. The summed E-state index contributed by atoms with van der Waals surface area (Å²) in [7, 11) is 0. The van der Waals surface area contributed by atoms with Crippen LogP contribution in [-0.2, 0) is 57.0 Å². The Bertz CT molecular complexity index is 1370. The Morgan fingerprint density at radius 1 is 0.593 bits per heavy atom. The van der Waals surface area contributed by atoms with Crippen LogP contribution in [0, 0.1) is 0 Å². The summed E-state index contributed by atoms with van der Waals surface area (Å²) in [5.74, 6) is -1.98. The van der Waals surface area contributed by atoms with Gasteiger partial charge in [0.05, 0.1) is 123 Å². The highest BCUT2D eigenvalue weighted by molar-refractivity contribution is 6.26. The first-order valence-corrected chi connectivity index (χ1v) is 21.4. The maximum atomic E-state index is 13.2. The lowest BCUT2D eigenvalue weighted by Gasteiger charge is -2.27. The van der Waals surface area contributed by atoms with Gasteiger partial charge in [-0.1, -0.05) is 25.3 Å². The molecule has 1 fully saturated rings. The number of ether oxygens (including phenoxy) is 9. The van der Waals surface area contributed by atoms with Crippen molar-refractivity contribution in [3.63, 3.8) is 0 Å². The van der Waals surface area contributed by atoms with Crippen molar-refractivity contribution in [3.05, 3.63) is 29.3 Å². The Hall–Kier alpha value is -3.10. The van der Waals surface area contributed by atoms with Gasteiger partial charge in [-0.2, -0.15) is 0 Å². The van der Waals surface area contributed by atoms with Crippen LogP contribution >= 0.6 is 11.6 Å². The van der Waals surface area contributed by atoms with Crippen LogP contribution in [0.1, 0.15) is 84.9 Å². The minimum atomic E-state index is -1.07. The fraction of sp³-hybridized carbons (Fsp3) is 0.732. The zero-order valence-electron chi connectivity index (χ0n) is 34.4. The molecule has 0 bridgehead atoms. The van der Waals surface area contributed by atoms with Gasteiger partial charge in [0.2, 0.25) is 17.7 Å². The number of amides is 5. The van der Waals surface area contributed by atoms with E-state index >= 15 is 0 Å². The first-order chi connectivity index (χ1) is 28.9. The van der Waals surface area contributed by atoms with Crippen LogP contribution in [0.2, 0.25) is 0 Å². The van der Waals surface area contributed by atoms with Crippen molar-refractivity contribution in [2.75, 3.05) is 130 Å². The maximum absolute atomic E-state index is 13.2. The molecule has 18 heteroatoms. The van der Waals surface area contributed by atoms with Crippen molar-refractivity contribution >= 4 is 46.8 Å². The second kappa shape index (κ2) is 32.6. The molecular weight excluding hydrogens is 794 g/mol. The van der Waals surface area contributed by atoms with Crippen LogP contribution in [0.25, 0.3) is 0 Å². The third-order valence-electron chi connectivity index (χ3n) is 9.08. The maximum Gasteiger partial charge on any atom is 0.264 e. The summed E-state index contributed by atoms with van der Waals surface area (Å²) in [5, 5.41) is 4.91. The number of carbonyl (C=O) groups excluding carboxylic acids is 5. The van der Waals surface area contributed by atoms with E-state index in [1.54, 1.807) is 12.1 Å². The van der Waals surface area contributed by atoms with Gasteiger partial charge in [0.1, 0.15) is 6.04 Å². The summed E-state index contributed by atoms with van der Waals surface area (Å²) in [6.45, 7) is 9.20. The summed E-state index contributed by atoms with van der Waals surface area (Å²) in [5.41, 5.74) is 0.385. The van der Waals surface area contributed by atoms with Crippen molar-refractivity contribution in [1.29, 1.82) is 0 Å². The predicted molar refractivity (Wildman–Crippen MR) is 217 cm³/mol. The Morgan fingerprint density at radius 3 is 1.49 bits per heavy atom. The van der Waals surface area contributed by atoms with Crippen LogP contribution in [0.4, 0.5) is 5.69 Å². The van der Waals surface area contributed by atoms with Crippen LogP contribution in [0.3, 0.4) is 0 Å². The number of rotatable bonds is 38. The minimum Gasteiger partial charge on any atom is -0.379 e. The van der Waals surface area contributed by atoms with Crippen LogP contribution in [0.15, 0.2) is 18.2 Å². The standard InChI is InChI=1S/C41H64ClN3O14/c42-14-5-1-2-6-15-51-17-19-53-21-23-55-25-27-57-29-31-59-32-30-58-28-26-56-24-22-54-20-18-52-16-7-3-4-11-36(46)43-34-10-8-9-33-38(34)41(50)45(40(33)49)35-12-13-37(47)44-39(35)48/h8-10,35H,1-7,11-32H2,(H,43,46)(H,44,47,48). The van der Waals surface area contributed by atoms with Gasteiger partial charge in [0.15, 0.2) is 0 Å². The van der Waals surface area contributed by atoms with Gasteiger partial charge in [-0.05, 0) is 44.2 Å². The molecule has 0 aromatic heterocycles.